The summed E-state index contributed by atoms with van der Waals surface area (Å²) in [6.45, 7) is 3.19. The number of hydrogen-bond donors (Lipinski definition) is 2. The lowest BCUT2D eigenvalue weighted by Crippen LogP contribution is -2.28. The maximum atomic E-state index is 9.42. The molecule has 1 heterocycles. The first kappa shape index (κ1) is 13.8. The van der Waals surface area contributed by atoms with Crippen LogP contribution in [0.4, 0.5) is 0 Å². The summed E-state index contributed by atoms with van der Waals surface area (Å²) in [5.41, 5.74) is 5.37. The minimum absolute atomic E-state index is 0.235. The standard InChI is InChI=1S/C11H22N2O2S/c1-11(16-8-9(14)6-12)5-4-10(15-11)7-13(2)3/h4,9,14H,5-8,12H2,1-3H3. The molecule has 5 heteroatoms. The van der Waals surface area contributed by atoms with E-state index < -0.39 is 6.10 Å². The summed E-state index contributed by atoms with van der Waals surface area (Å²) in [5.74, 6) is 1.64. The van der Waals surface area contributed by atoms with Gasteiger partial charge in [0.15, 0.2) is 4.93 Å². The van der Waals surface area contributed by atoms with Crippen molar-refractivity contribution in [1.82, 2.24) is 4.90 Å². The number of thioether (sulfide) groups is 1. The van der Waals surface area contributed by atoms with Gasteiger partial charge in [0.1, 0.15) is 5.76 Å². The second-order valence-corrected chi connectivity index (χ2v) is 6.03. The molecule has 0 saturated heterocycles. The van der Waals surface area contributed by atoms with Crippen LogP contribution in [0.2, 0.25) is 0 Å². The molecule has 94 valence electrons. The highest BCUT2D eigenvalue weighted by molar-refractivity contribution is 8.00. The molecule has 0 spiro atoms. The monoisotopic (exact) mass is 246 g/mol. The molecule has 0 amide bonds. The molecule has 0 aliphatic carbocycles. The van der Waals surface area contributed by atoms with Crippen molar-refractivity contribution >= 4 is 11.8 Å². The Morgan fingerprint density at radius 3 is 2.94 bits per heavy atom. The van der Waals surface area contributed by atoms with Crippen molar-refractivity contribution in [2.75, 3.05) is 32.9 Å². The third-order valence-corrected chi connectivity index (χ3v) is 3.78. The van der Waals surface area contributed by atoms with Gasteiger partial charge in [0, 0.05) is 18.7 Å². The van der Waals surface area contributed by atoms with Gasteiger partial charge in [0.25, 0.3) is 0 Å². The number of ether oxygens (including phenoxy) is 1. The number of rotatable bonds is 6. The SMILES string of the molecule is CN(C)CC1=CCC(C)(SCC(O)CN)O1. The van der Waals surface area contributed by atoms with Gasteiger partial charge in [-0.05, 0) is 27.1 Å². The Hall–Kier alpha value is -0.230. The molecular formula is C11H22N2O2S. The molecule has 0 aromatic rings. The van der Waals surface area contributed by atoms with Crippen LogP contribution >= 0.6 is 11.8 Å². The molecule has 3 N–H and O–H groups in total. The number of aliphatic hydroxyl groups excluding tert-OH is 1. The third kappa shape index (κ3) is 4.33. The first-order valence-corrected chi connectivity index (χ1v) is 6.48. The summed E-state index contributed by atoms with van der Waals surface area (Å²) in [5, 5.41) is 9.42. The van der Waals surface area contributed by atoms with Gasteiger partial charge in [-0.1, -0.05) is 0 Å². The summed E-state index contributed by atoms with van der Waals surface area (Å²) in [6, 6.07) is 0. The Morgan fingerprint density at radius 2 is 2.38 bits per heavy atom. The van der Waals surface area contributed by atoms with E-state index in [9.17, 15) is 5.11 Å². The van der Waals surface area contributed by atoms with E-state index in [0.717, 1.165) is 18.7 Å². The second-order valence-electron chi connectivity index (χ2n) is 4.55. The van der Waals surface area contributed by atoms with Crippen molar-refractivity contribution in [3.05, 3.63) is 11.8 Å². The second kappa shape index (κ2) is 5.91. The molecule has 0 bridgehead atoms. The van der Waals surface area contributed by atoms with Crippen LogP contribution in [0.5, 0.6) is 0 Å². The van der Waals surface area contributed by atoms with Gasteiger partial charge in [-0.15, -0.1) is 11.8 Å². The van der Waals surface area contributed by atoms with Crippen molar-refractivity contribution in [3.63, 3.8) is 0 Å². The van der Waals surface area contributed by atoms with Crippen LogP contribution in [-0.4, -0.2) is 54.0 Å². The van der Waals surface area contributed by atoms with E-state index in [0.29, 0.717) is 12.3 Å². The third-order valence-electron chi connectivity index (χ3n) is 2.37. The first-order chi connectivity index (χ1) is 7.45. The summed E-state index contributed by atoms with van der Waals surface area (Å²) in [6.07, 6.45) is 2.57. The summed E-state index contributed by atoms with van der Waals surface area (Å²) in [4.78, 5) is 1.85. The quantitative estimate of drug-likeness (QED) is 0.719. The molecule has 1 aliphatic rings. The van der Waals surface area contributed by atoms with Crippen LogP contribution in [0, 0.1) is 0 Å². The molecule has 2 unspecified atom stereocenters. The summed E-state index contributed by atoms with van der Waals surface area (Å²) < 4.78 is 5.89. The predicted molar refractivity (Wildman–Crippen MR) is 68.3 cm³/mol. The van der Waals surface area contributed by atoms with E-state index in [2.05, 4.69) is 17.9 Å². The molecule has 1 rings (SSSR count). The van der Waals surface area contributed by atoms with E-state index in [1.54, 1.807) is 11.8 Å². The number of nitrogens with two attached hydrogens (primary N) is 1. The molecule has 0 fully saturated rings. The van der Waals surface area contributed by atoms with Crippen molar-refractivity contribution in [3.8, 4) is 0 Å². The Balaban J connectivity index is 2.34. The Kier molecular flexibility index (Phi) is 5.11. The lowest BCUT2D eigenvalue weighted by atomic mass is 10.3. The van der Waals surface area contributed by atoms with Crippen LogP contribution in [-0.2, 0) is 4.74 Å². The average molecular weight is 246 g/mol. The molecule has 0 radical (unpaired) electrons. The number of hydrogen-bond acceptors (Lipinski definition) is 5. The minimum atomic E-state index is -0.441. The van der Waals surface area contributed by atoms with Gasteiger partial charge in [0.05, 0.1) is 12.6 Å². The normalized spacial score (nSPS) is 26.8. The zero-order valence-electron chi connectivity index (χ0n) is 10.3. The van der Waals surface area contributed by atoms with E-state index in [1.807, 2.05) is 14.1 Å². The van der Waals surface area contributed by atoms with Crippen LogP contribution < -0.4 is 5.73 Å². The van der Waals surface area contributed by atoms with Gasteiger partial charge in [-0.3, -0.25) is 0 Å². The fourth-order valence-electron chi connectivity index (χ4n) is 1.50. The molecule has 1 aliphatic heterocycles. The molecule has 0 aromatic heterocycles. The molecule has 16 heavy (non-hydrogen) atoms. The van der Waals surface area contributed by atoms with Crippen LogP contribution in [0.1, 0.15) is 13.3 Å². The lowest BCUT2D eigenvalue weighted by molar-refractivity contribution is 0.114. The van der Waals surface area contributed by atoms with Crippen molar-refractivity contribution < 1.29 is 9.84 Å². The first-order valence-electron chi connectivity index (χ1n) is 5.50. The van der Waals surface area contributed by atoms with E-state index in [4.69, 9.17) is 10.5 Å². The van der Waals surface area contributed by atoms with Gasteiger partial charge < -0.3 is 20.5 Å². The zero-order valence-corrected chi connectivity index (χ0v) is 11.1. The van der Waals surface area contributed by atoms with Gasteiger partial charge in [-0.2, -0.15) is 0 Å². The molecule has 0 saturated carbocycles. The molecule has 2 atom stereocenters. The van der Waals surface area contributed by atoms with E-state index >= 15 is 0 Å². The van der Waals surface area contributed by atoms with Gasteiger partial charge in [0.2, 0.25) is 0 Å². The maximum absolute atomic E-state index is 9.42. The van der Waals surface area contributed by atoms with Crippen LogP contribution in [0.25, 0.3) is 0 Å². The van der Waals surface area contributed by atoms with Gasteiger partial charge >= 0.3 is 0 Å². The van der Waals surface area contributed by atoms with Crippen molar-refractivity contribution in [2.24, 2.45) is 5.73 Å². The Bertz CT molecular complexity index is 258. The Labute approximate surface area is 102 Å². The number of likely N-dealkylation sites (N-methyl/N-ethyl adjacent to an activating group) is 1. The fourth-order valence-corrected chi connectivity index (χ4v) is 2.55. The van der Waals surface area contributed by atoms with E-state index in [1.165, 1.54) is 0 Å². The largest absolute Gasteiger partial charge is 0.480 e. The summed E-state index contributed by atoms with van der Waals surface area (Å²) >= 11 is 1.63. The topological polar surface area (TPSA) is 58.7 Å². The maximum Gasteiger partial charge on any atom is 0.155 e. The predicted octanol–water partition coefficient (Wildman–Crippen LogP) is 0.621. The van der Waals surface area contributed by atoms with Crippen LogP contribution in [0.15, 0.2) is 11.8 Å². The zero-order chi connectivity index (χ0) is 12.2. The lowest BCUT2D eigenvalue weighted by Gasteiger charge is -2.26. The minimum Gasteiger partial charge on any atom is -0.480 e. The Morgan fingerprint density at radius 1 is 1.69 bits per heavy atom. The summed E-state index contributed by atoms with van der Waals surface area (Å²) in [7, 11) is 4.04. The average Bonchev–Trinajstić information content (AvgIpc) is 2.56. The highest BCUT2D eigenvalue weighted by atomic mass is 32.2. The highest BCUT2D eigenvalue weighted by Crippen LogP contribution is 2.38. The highest BCUT2D eigenvalue weighted by Gasteiger charge is 2.32. The molecule has 0 aromatic carbocycles. The van der Waals surface area contributed by atoms with Crippen LogP contribution in [0.3, 0.4) is 0 Å². The number of aliphatic hydroxyl groups is 1. The smallest absolute Gasteiger partial charge is 0.155 e. The van der Waals surface area contributed by atoms with Crippen molar-refractivity contribution in [1.29, 1.82) is 0 Å². The number of nitrogens with zero attached hydrogens (tertiary/aromatic N) is 1. The fraction of sp³-hybridized carbons (Fsp3) is 0.818. The van der Waals surface area contributed by atoms with E-state index in [-0.39, 0.29) is 4.93 Å². The van der Waals surface area contributed by atoms with Gasteiger partial charge in [-0.25, -0.2) is 0 Å². The molecule has 4 nitrogen and oxygen atoms in total. The molecular weight excluding hydrogens is 224 g/mol. The van der Waals surface area contributed by atoms with Crippen molar-refractivity contribution in [2.45, 2.75) is 24.4 Å².